The summed E-state index contributed by atoms with van der Waals surface area (Å²) in [6.07, 6.45) is 1.42. The molecule has 0 saturated heterocycles. The lowest BCUT2D eigenvalue weighted by Crippen LogP contribution is -2.30. The fraction of sp³-hybridized carbons (Fsp3) is 0.385. The minimum Gasteiger partial charge on any atom is -0.300 e. The molecule has 1 aliphatic rings. The largest absolute Gasteiger partial charge is 0.300 e. The summed E-state index contributed by atoms with van der Waals surface area (Å²) >= 11 is 0. The number of halogens is 2. The highest BCUT2D eigenvalue weighted by atomic mass is 19.2. The number of ketones is 1. The molecule has 0 atom stereocenters. The van der Waals surface area contributed by atoms with Crippen LogP contribution >= 0.6 is 0 Å². The van der Waals surface area contributed by atoms with Gasteiger partial charge in [-0.05, 0) is 30.5 Å². The number of hydrogen-bond acceptors (Lipinski definition) is 2. The lowest BCUT2D eigenvalue weighted by atomic mass is 9.70. The van der Waals surface area contributed by atoms with E-state index in [1.165, 1.54) is 6.07 Å². The second kappa shape index (κ2) is 4.25. The van der Waals surface area contributed by atoms with Crippen molar-refractivity contribution in [3.63, 3.8) is 0 Å². The minimum absolute atomic E-state index is 0.124. The van der Waals surface area contributed by atoms with Crippen LogP contribution in [-0.2, 0) is 10.2 Å². The van der Waals surface area contributed by atoms with Crippen LogP contribution < -0.4 is 0 Å². The highest BCUT2D eigenvalue weighted by molar-refractivity contribution is 5.80. The average Bonchev–Trinajstić information content (AvgIpc) is 2.34. The Kier molecular flexibility index (Phi) is 2.93. The van der Waals surface area contributed by atoms with Crippen molar-refractivity contribution in [2.75, 3.05) is 0 Å². The first kappa shape index (κ1) is 11.7. The van der Waals surface area contributed by atoms with Crippen LogP contribution in [-0.4, -0.2) is 5.78 Å². The molecule has 1 aliphatic carbocycles. The molecule has 2 nitrogen and oxygen atoms in total. The SMILES string of the molecule is N#CC1(c2ccc(F)c(F)c2)CCC(=O)CC1. The van der Waals surface area contributed by atoms with E-state index in [4.69, 9.17) is 0 Å². The van der Waals surface area contributed by atoms with E-state index in [2.05, 4.69) is 6.07 Å². The highest BCUT2D eigenvalue weighted by Crippen LogP contribution is 2.38. The van der Waals surface area contributed by atoms with Gasteiger partial charge < -0.3 is 0 Å². The van der Waals surface area contributed by atoms with E-state index in [1.54, 1.807) is 0 Å². The van der Waals surface area contributed by atoms with Gasteiger partial charge in [0.25, 0.3) is 0 Å². The van der Waals surface area contributed by atoms with Crippen LogP contribution in [0, 0.1) is 23.0 Å². The van der Waals surface area contributed by atoms with Crippen molar-refractivity contribution < 1.29 is 13.6 Å². The Bertz CT molecular complexity index is 495. The number of hydrogen-bond donors (Lipinski definition) is 0. The van der Waals surface area contributed by atoms with E-state index in [9.17, 15) is 18.8 Å². The summed E-state index contributed by atoms with van der Waals surface area (Å²) in [6, 6.07) is 5.68. The molecule has 0 bridgehead atoms. The third kappa shape index (κ3) is 2.05. The fourth-order valence-electron chi connectivity index (χ4n) is 2.21. The Morgan fingerprint density at radius 2 is 1.82 bits per heavy atom. The van der Waals surface area contributed by atoms with Gasteiger partial charge in [-0.3, -0.25) is 4.79 Å². The van der Waals surface area contributed by atoms with Crippen LogP contribution in [0.4, 0.5) is 8.78 Å². The highest BCUT2D eigenvalue weighted by Gasteiger charge is 2.37. The van der Waals surface area contributed by atoms with Crippen molar-refractivity contribution in [1.29, 1.82) is 5.26 Å². The van der Waals surface area contributed by atoms with Crippen molar-refractivity contribution in [2.24, 2.45) is 0 Å². The van der Waals surface area contributed by atoms with Crippen molar-refractivity contribution in [2.45, 2.75) is 31.1 Å². The van der Waals surface area contributed by atoms with Gasteiger partial charge in [0.15, 0.2) is 11.6 Å². The Balaban J connectivity index is 2.38. The van der Waals surface area contributed by atoms with E-state index < -0.39 is 17.0 Å². The minimum atomic E-state index is -0.950. The third-order valence-electron chi connectivity index (χ3n) is 3.35. The molecule has 0 aromatic heterocycles. The zero-order valence-electron chi connectivity index (χ0n) is 9.17. The number of rotatable bonds is 1. The van der Waals surface area contributed by atoms with Crippen LogP contribution in [0.3, 0.4) is 0 Å². The summed E-state index contributed by atoms with van der Waals surface area (Å²) in [5.41, 5.74) is -0.381. The van der Waals surface area contributed by atoms with Gasteiger partial charge in [-0.25, -0.2) is 8.78 Å². The van der Waals surface area contributed by atoms with E-state index in [1.807, 2.05) is 0 Å². The molecule has 0 spiro atoms. The molecule has 0 aliphatic heterocycles. The molecule has 1 saturated carbocycles. The van der Waals surface area contributed by atoms with Crippen molar-refractivity contribution in [3.05, 3.63) is 35.4 Å². The fourth-order valence-corrected chi connectivity index (χ4v) is 2.21. The van der Waals surface area contributed by atoms with E-state index >= 15 is 0 Å². The maximum Gasteiger partial charge on any atom is 0.159 e. The van der Waals surface area contributed by atoms with Gasteiger partial charge in [0.05, 0.1) is 11.5 Å². The quantitative estimate of drug-likeness (QED) is 0.751. The zero-order chi connectivity index (χ0) is 12.5. The summed E-state index contributed by atoms with van der Waals surface area (Å²) in [5, 5.41) is 9.26. The van der Waals surface area contributed by atoms with E-state index in [-0.39, 0.29) is 5.78 Å². The lowest BCUT2D eigenvalue weighted by molar-refractivity contribution is -0.120. The molecule has 2 rings (SSSR count). The predicted octanol–water partition coefficient (Wildman–Crippen LogP) is 2.87. The second-order valence-electron chi connectivity index (χ2n) is 4.36. The van der Waals surface area contributed by atoms with Gasteiger partial charge in [0, 0.05) is 12.8 Å². The van der Waals surface area contributed by atoms with Gasteiger partial charge in [-0.15, -0.1) is 0 Å². The van der Waals surface area contributed by atoms with Crippen molar-refractivity contribution in [1.82, 2.24) is 0 Å². The molecule has 1 aromatic rings. The smallest absolute Gasteiger partial charge is 0.159 e. The molecule has 0 amide bonds. The molecule has 4 heteroatoms. The number of Topliss-reactive ketones (excluding diaryl/α,β-unsaturated/α-hetero) is 1. The maximum atomic E-state index is 13.2. The molecule has 0 unspecified atom stereocenters. The van der Waals surface area contributed by atoms with E-state index in [0.29, 0.717) is 31.2 Å². The summed E-state index contributed by atoms with van der Waals surface area (Å²) in [7, 11) is 0. The van der Waals surface area contributed by atoms with Gasteiger partial charge in [-0.2, -0.15) is 5.26 Å². The summed E-state index contributed by atoms with van der Waals surface area (Å²) in [5.74, 6) is -1.75. The third-order valence-corrected chi connectivity index (χ3v) is 3.35. The van der Waals surface area contributed by atoms with Gasteiger partial charge in [-0.1, -0.05) is 6.07 Å². The summed E-state index contributed by atoms with van der Waals surface area (Å²) in [6.45, 7) is 0. The molecule has 17 heavy (non-hydrogen) atoms. The number of nitrogens with zero attached hydrogens (tertiary/aromatic N) is 1. The normalized spacial score (nSPS) is 18.8. The van der Waals surface area contributed by atoms with E-state index in [0.717, 1.165) is 12.1 Å². The molecule has 1 aromatic carbocycles. The molecule has 88 valence electrons. The Morgan fingerprint density at radius 1 is 1.18 bits per heavy atom. The van der Waals surface area contributed by atoms with Crippen molar-refractivity contribution in [3.8, 4) is 6.07 Å². The Labute approximate surface area is 97.9 Å². The summed E-state index contributed by atoms with van der Waals surface area (Å²) in [4.78, 5) is 11.2. The first-order valence-electron chi connectivity index (χ1n) is 5.46. The molecule has 0 N–H and O–H groups in total. The predicted molar refractivity (Wildman–Crippen MR) is 57.1 cm³/mol. The topological polar surface area (TPSA) is 40.9 Å². The number of carbonyl (C=O) groups excluding carboxylic acids is 1. The van der Waals surface area contributed by atoms with Gasteiger partial charge in [0.1, 0.15) is 5.78 Å². The molecule has 0 heterocycles. The van der Waals surface area contributed by atoms with Crippen LogP contribution in [0.1, 0.15) is 31.2 Å². The van der Waals surface area contributed by atoms with Crippen LogP contribution in [0.25, 0.3) is 0 Å². The van der Waals surface area contributed by atoms with Gasteiger partial charge in [0.2, 0.25) is 0 Å². The Morgan fingerprint density at radius 3 is 2.35 bits per heavy atom. The van der Waals surface area contributed by atoms with Crippen LogP contribution in [0.15, 0.2) is 18.2 Å². The van der Waals surface area contributed by atoms with Crippen molar-refractivity contribution >= 4 is 5.78 Å². The number of carbonyl (C=O) groups is 1. The van der Waals surface area contributed by atoms with Crippen LogP contribution in [0.2, 0.25) is 0 Å². The second-order valence-corrected chi connectivity index (χ2v) is 4.36. The number of nitriles is 1. The monoisotopic (exact) mass is 235 g/mol. The molecule has 1 fully saturated rings. The average molecular weight is 235 g/mol. The lowest BCUT2D eigenvalue weighted by Gasteiger charge is -2.30. The maximum absolute atomic E-state index is 13.2. The molecular weight excluding hydrogens is 224 g/mol. The standard InChI is InChI=1S/C13H11F2NO/c14-11-2-1-9(7-12(11)15)13(8-16)5-3-10(17)4-6-13/h1-2,7H,3-6H2. The molecule has 0 radical (unpaired) electrons. The summed E-state index contributed by atoms with van der Waals surface area (Å²) < 4.78 is 26.0. The van der Waals surface area contributed by atoms with Crippen LogP contribution in [0.5, 0.6) is 0 Å². The first-order valence-corrected chi connectivity index (χ1v) is 5.46. The number of benzene rings is 1. The van der Waals surface area contributed by atoms with Gasteiger partial charge >= 0.3 is 0 Å². The first-order chi connectivity index (χ1) is 8.07. The Hall–Kier alpha value is -1.76. The molecular formula is C13H11F2NO. The zero-order valence-corrected chi connectivity index (χ0v) is 9.17.